The Morgan fingerprint density at radius 2 is 0.412 bits per heavy atom. The Morgan fingerprint density at radius 3 is 0.608 bits per heavy atom. The van der Waals surface area contributed by atoms with E-state index < -0.39 is 97.5 Å². The molecule has 0 aromatic heterocycles. The molecule has 0 bridgehead atoms. The molecule has 3 N–H and O–H groups in total. The summed E-state index contributed by atoms with van der Waals surface area (Å²) in [5, 5.41) is 10.7. The van der Waals surface area contributed by atoms with E-state index in [9.17, 15) is 43.2 Å². The minimum absolute atomic E-state index is 0.107. The van der Waals surface area contributed by atoms with Crippen molar-refractivity contribution in [2.45, 2.75) is 446 Å². The van der Waals surface area contributed by atoms with Gasteiger partial charge in [0.15, 0.2) is 12.2 Å². The lowest BCUT2D eigenvalue weighted by Crippen LogP contribution is -2.30. The Hall–Kier alpha value is -1.94. The van der Waals surface area contributed by atoms with Gasteiger partial charge in [-0.25, -0.2) is 9.13 Å². The predicted molar refractivity (Wildman–Crippen MR) is 418 cm³/mol. The number of aliphatic hydroxyl groups is 1. The molecule has 0 aliphatic heterocycles. The van der Waals surface area contributed by atoms with Gasteiger partial charge in [-0.3, -0.25) is 37.3 Å². The van der Waals surface area contributed by atoms with Crippen LogP contribution in [-0.2, 0) is 65.4 Å². The molecule has 0 amide bonds. The molecule has 19 heteroatoms. The third-order valence-electron chi connectivity index (χ3n) is 19.3. The summed E-state index contributed by atoms with van der Waals surface area (Å²) in [6, 6.07) is 0. The van der Waals surface area contributed by atoms with E-state index in [4.69, 9.17) is 37.0 Å². The first-order valence-electron chi connectivity index (χ1n) is 42.7. The van der Waals surface area contributed by atoms with Gasteiger partial charge < -0.3 is 33.8 Å². The summed E-state index contributed by atoms with van der Waals surface area (Å²) in [6.07, 6.45) is 59.8. The Balaban J connectivity index is 5.21. The number of esters is 4. The van der Waals surface area contributed by atoms with Crippen LogP contribution in [0.3, 0.4) is 0 Å². The van der Waals surface area contributed by atoms with Gasteiger partial charge in [0.2, 0.25) is 0 Å². The average Bonchev–Trinajstić information content (AvgIpc) is 0.930. The van der Waals surface area contributed by atoms with Gasteiger partial charge in [0, 0.05) is 25.7 Å². The standard InChI is InChI=1S/C83H162O17P2/c1-73(2)59-51-43-35-28-22-16-13-11-9-10-12-14-18-26-32-40-49-57-65-83(88)100-79(70-94-81(86)64-56-48-42-34-38-46-54-62-76(7)8)72-98-102(91,92)96-68-77(84)67-95-101(89,90)97-71-78(69-93-80(85)63-55-47-39-31-25-21-20-24-30-37-45-53-61-75(5)6)99-82(87)66-58-50-41-33-27-19-15-17-23-29-36-44-52-60-74(3)4/h73-79,84H,9-72H2,1-8H3,(H,89,90)(H,91,92)/t77?,78-,79-/m1/s1. The van der Waals surface area contributed by atoms with Crippen LogP contribution in [0, 0.1) is 23.7 Å². The number of hydrogen-bond donors (Lipinski definition) is 3. The molecule has 0 aromatic rings. The Labute approximate surface area is 626 Å². The van der Waals surface area contributed by atoms with Crippen LogP contribution in [0.1, 0.15) is 428 Å². The van der Waals surface area contributed by atoms with Gasteiger partial charge in [-0.05, 0) is 49.4 Å². The van der Waals surface area contributed by atoms with E-state index >= 15 is 0 Å². The van der Waals surface area contributed by atoms with Crippen LogP contribution >= 0.6 is 15.6 Å². The molecule has 0 heterocycles. The number of hydrogen-bond acceptors (Lipinski definition) is 15. The number of phosphoric acid groups is 2. The second kappa shape index (κ2) is 72.0. The van der Waals surface area contributed by atoms with E-state index in [0.29, 0.717) is 31.6 Å². The molecule has 17 nitrogen and oxygen atoms in total. The van der Waals surface area contributed by atoms with Crippen molar-refractivity contribution in [2.24, 2.45) is 23.7 Å². The maximum atomic E-state index is 13.1. The topological polar surface area (TPSA) is 237 Å². The molecular formula is C83H162O17P2. The second-order valence-corrected chi connectivity index (χ2v) is 34.7. The Bertz CT molecular complexity index is 1990. The van der Waals surface area contributed by atoms with E-state index in [1.807, 2.05) is 0 Å². The molecular weight excluding hydrogens is 1330 g/mol. The minimum Gasteiger partial charge on any atom is -0.462 e. The summed E-state index contributed by atoms with van der Waals surface area (Å²) in [5.41, 5.74) is 0. The molecule has 0 saturated heterocycles. The molecule has 0 aliphatic carbocycles. The van der Waals surface area contributed by atoms with Gasteiger partial charge in [-0.2, -0.15) is 0 Å². The molecule has 0 aromatic carbocycles. The fraction of sp³-hybridized carbons (Fsp3) is 0.952. The number of ether oxygens (including phenoxy) is 4. The molecule has 5 atom stereocenters. The third-order valence-corrected chi connectivity index (χ3v) is 21.2. The predicted octanol–water partition coefficient (Wildman–Crippen LogP) is 24.8. The van der Waals surface area contributed by atoms with E-state index in [0.717, 1.165) is 114 Å². The quantitative estimate of drug-likeness (QED) is 0.0222. The van der Waals surface area contributed by atoms with E-state index in [-0.39, 0.29) is 25.7 Å². The Kier molecular flexibility index (Phi) is 70.6. The number of aliphatic hydroxyl groups excluding tert-OH is 1. The zero-order chi connectivity index (χ0) is 75.3. The van der Waals surface area contributed by atoms with Crippen LogP contribution in [0.5, 0.6) is 0 Å². The van der Waals surface area contributed by atoms with Crippen molar-refractivity contribution < 1.29 is 80.2 Å². The molecule has 102 heavy (non-hydrogen) atoms. The van der Waals surface area contributed by atoms with Crippen molar-refractivity contribution in [3.05, 3.63) is 0 Å². The lowest BCUT2D eigenvalue weighted by Gasteiger charge is -2.21. The number of rotatable bonds is 80. The SMILES string of the molecule is CC(C)CCCCCCCCCCCCCCCCCCCCC(=O)O[C@H](COC(=O)CCCCCCCCCC(C)C)COP(=O)(O)OCC(O)COP(=O)(O)OC[C@@H](COC(=O)CCCCCCCCCCCCCCC(C)C)OC(=O)CCCCCCCCCCCCCCCC(C)C. The van der Waals surface area contributed by atoms with Crippen molar-refractivity contribution in [2.75, 3.05) is 39.6 Å². The van der Waals surface area contributed by atoms with Crippen molar-refractivity contribution in [1.29, 1.82) is 0 Å². The number of carbonyl (C=O) groups is 4. The molecule has 0 rings (SSSR count). The van der Waals surface area contributed by atoms with Crippen LogP contribution < -0.4 is 0 Å². The number of unbranched alkanes of at least 4 members (excludes halogenated alkanes) is 46. The maximum Gasteiger partial charge on any atom is 0.472 e. The lowest BCUT2D eigenvalue weighted by molar-refractivity contribution is -0.161. The number of phosphoric ester groups is 2. The smallest absolute Gasteiger partial charge is 0.462 e. The third kappa shape index (κ3) is 76.3. The highest BCUT2D eigenvalue weighted by molar-refractivity contribution is 7.47. The number of carbonyl (C=O) groups excluding carboxylic acids is 4. The Morgan fingerprint density at radius 1 is 0.245 bits per heavy atom. The van der Waals surface area contributed by atoms with Crippen LogP contribution in [0.15, 0.2) is 0 Å². The van der Waals surface area contributed by atoms with Gasteiger partial charge >= 0.3 is 39.5 Å². The average molecular weight is 1490 g/mol. The first-order valence-corrected chi connectivity index (χ1v) is 45.7. The van der Waals surface area contributed by atoms with Gasteiger partial charge in [0.25, 0.3) is 0 Å². The van der Waals surface area contributed by atoms with Gasteiger partial charge in [-0.1, -0.05) is 376 Å². The largest absolute Gasteiger partial charge is 0.472 e. The monoisotopic (exact) mass is 1490 g/mol. The molecule has 0 saturated carbocycles. The van der Waals surface area contributed by atoms with Gasteiger partial charge in [0.05, 0.1) is 26.4 Å². The lowest BCUT2D eigenvalue weighted by atomic mass is 10.0. The molecule has 0 fully saturated rings. The van der Waals surface area contributed by atoms with Crippen LogP contribution in [-0.4, -0.2) is 96.7 Å². The molecule has 0 aliphatic rings. The summed E-state index contributed by atoms with van der Waals surface area (Å²) in [6.45, 7) is 14.3. The van der Waals surface area contributed by atoms with Gasteiger partial charge in [0.1, 0.15) is 19.3 Å². The van der Waals surface area contributed by atoms with Crippen LogP contribution in [0.25, 0.3) is 0 Å². The normalized spacial score (nSPS) is 14.0. The first kappa shape index (κ1) is 100. The van der Waals surface area contributed by atoms with Gasteiger partial charge in [-0.15, -0.1) is 0 Å². The fourth-order valence-corrected chi connectivity index (χ4v) is 14.4. The fourth-order valence-electron chi connectivity index (χ4n) is 12.8. The zero-order valence-corrected chi connectivity index (χ0v) is 69.0. The van der Waals surface area contributed by atoms with Crippen molar-refractivity contribution in [1.82, 2.24) is 0 Å². The van der Waals surface area contributed by atoms with Crippen LogP contribution in [0.4, 0.5) is 0 Å². The molecule has 3 unspecified atom stereocenters. The van der Waals surface area contributed by atoms with E-state index in [1.54, 1.807) is 0 Å². The van der Waals surface area contributed by atoms with Crippen molar-refractivity contribution >= 4 is 39.5 Å². The summed E-state index contributed by atoms with van der Waals surface area (Å²) >= 11 is 0. The summed E-state index contributed by atoms with van der Waals surface area (Å²) in [5.74, 6) is 0.981. The van der Waals surface area contributed by atoms with Crippen molar-refractivity contribution in [3.8, 4) is 0 Å². The highest BCUT2D eigenvalue weighted by Gasteiger charge is 2.30. The molecule has 0 radical (unpaired) electrons. The summed E-state index contributed by atoms with van der Waals surface area (Å²) < 4.78 is 68.8. The highest BCUT2D eigenvalue weighted by atomic mass is 31.2. The minimum atomic E-state index is -4.96. The summed E-state index contributed by atoms with van der Waals surface area (Å²) in [7, 11) is -9.92. The first-order chi connectivity index (χ1) is 49.1. The second-order valence-electron chi connectivity index (χ2n) is 31.8. The highest BCUT2D eigenvalue weighted by Crippen LogP contribution is 2.45. The molecule has 0 spiro atoms. The zero-order valence-electron chi connectivity index (χ0n) is 67.2. The molecule has 606 valence electrons. The van der Waals surface area contributed by atoms with E-state index in [1.165, 1.54) is 225 Å². The van der Waals surface area contributed by atoms with Crippen molar-refractivity contribution in [3.63, 3.8) is 0 Å². The summed E-state index contributed by atoms with van der Waals surface area (Å²) in [4.78, 5) is 73.1. The maximum absolute atomic E-state index is 13.1. The van der Waals surface area contributed by atoms with E-state index in [2.05, 4.69) is 55.4 Å². The van der Waals surface area contributed by atoms with Crippen LogP contribution in [0.2, 0.25) is 0 Å².